The van der Waals surface area contributed by atoms with Gasteiger partial charge in [-0.15, -0.1) is 0 Å². The first kappa shape index (κ1) is 21.0. The molecule has 3 fully saturated rings. The first-order chi connectivity index (χ1) is 14.0. The van der Waals surface area contributed by atoms with Gasteiger partial charge in [-0.1, -0.05) is 24.4 Å². The molecular formula is C23H34ClN3O2. The van der Waals surface area contributed by atoms with Crippen molar-refractivity contribution in [3.05, 3.63) is 28.8 Å². The van der Waals surface area contributed by atoms with Crippen LogP contribution < -0.4 is 4.74 Å². The minimum atomic E-state index is 0.0373. The second kappa shape index (κ2) is 9.23. The summed E-state index contributed by atoms with van der Waals surface area (Å²) < 4.78 is 6.36. The van der Waals surface area contributed by atoms with E-state index >= 15 is 0 Å². The highest BCUT2D eigenvalue weighted by Crippen LogP contribution is 2.31. The van der Waals surface area contributed by atoms with E-state index in [0.29, 0.717) is 22.4 Å². The topological polar surface area (TPSA) is 36.0 Å². The van der Waals surface area contributed by atoms with Crippen molar-refractivity contribution in [2.45, 2.75) is 63.1 Å². The molecule has 0 bridgehead atoms. The molecule has 29 heavy (non-hydrogen) atoms. The van der Waals surface area contributed by atoms with Gasteiger partial charge < -0.3 is 19.4 Å². The van der Waals surface area contributed by atoms with Crippen LogP contribution >= 0.6 is 11.6 Å². The standard InChI is InChI=1S/C23H34ClN3O2/c1-25(2)19-9-12-27(16-19)23(28)21-15-17(24)7-8-22(21)29-20-10-13-26(14-11-20)18-5-3-4-6-18/h7-8,15,18-20H,3-6,9-14,16H2,1-2H3. The Kier molecular flexibility index (Phi) is 6.67. The van der Waals surface area contributed by atoms with Crippen LogP contribution in [0.1, 0.15) is 55.3 Å². The predicted octanol–water partition coefficient (Wildman–Crippen LogP) is 3.90. The first-order valence-electron chi connectivity index (χ1n) is 11.2. The lowest BCUT2D eigenvalue weighted by molar-refractivity contribution is 0.0709. The molecule has 1 aliphatic carbocycles. The Hall–Kier alpha value is -1.30. The summed E-state index contributed by atoms with van der Waals surface area (Å²) in [7, 11) is 4.15. The Labute approximate surface area is 179 Å². The molecule has 2 saturated heterocycles. The number of likely N-dealkylation sites (N-methyl/N-ethyl adjacent to an activating group) is 1. The Bertz CT molecular complexity index is 712. The van der Waals surface area contributed by atoms with Gasteiger partial charge in [0.25, 0.3) is 5.91 Å². The fourth-order valence-corrected chi connectivity index (χ4v) is 5.27. The summed E-state index contributed by atoms with van der Waals surface area (Å²) >= 11 is 6.24. The van der Waals surface area contributed by atoms with Crippen molar-refractivity contribution in [2.24, 2.45) is 0 Å². The SMILES string of the molecule is CN(C)C1CCN(C(=O)c2cc(Cl)ccc2OC2CCN(C3CCCC3)CC2)C1. The van der Waals surface area contributed by atoms with Crippen LogP contribution in [0.15, 0.2) is 18.2 Å². The summed E-state index contributed by atoms with van der Waals surface area (Å²) in [5.74, 6) is 0.724. The average molecular weight is 420 g/mol. The highest BCUT2D eigenvalue weighted by molar-refractivity contribution is 6.31. The molecule has 0 radical (unpaired) electrons. The fraction of sp³-hybridized carbons (Fsp3) is 0.696. The molecule has 5 nitrogen and oxygen atoms in total. The van der Waals surface area contributed by atoms with E-state index in [2.05, 4.69) is 23.9 Å². The molecule has 1 saturated carbocycles. The zero-order valence-corrected chi connectivity index (χ0v) is 18.5. The summed E-state index contributed by atoms with van der Waals surface area (Å²) in [6.07, 6.45) is 8.70. The minimum absolute atomic E-state index is 0.0373. The highest BCUT2D eigenvalue weighted by atomic mass is 35.5. The molecule has 0 spiro atoms. The number of amides is 1. The van der Waals surface area contributed by atoms with Crippen molar-refractivity contribution in [2.75, 3.05) is 40.3 Å². The molecule has 6 heteroatoms. The lowest BCUT2D eigenvalue weighted by Crippen LogP contribution is -2.43. The van der Waals surface area contributed by atoms with E-state index in [1.165, 1.54) is 25.7 Å². The van der Waals surface area contributed by atoms with E-state index in [1.807, 2.05) is 17.0 Å². The lowest BCUT2D eigenvalue weighted by atomic mass is 10.0. The van der Waals surface area contributed by atoms with Crippen LogP contribution in [-0.2, 0) is 0 Å². The van der Waals surface area contributed by atoms with E-state index in [9.17, 15) is 4.79 Å². The number of nitrogens with zero attached hydrogens (tertiary/aromatic N) is 3. The van der Waals surface area contributed by atoms with Crippen LogP contribution in [0.4, 0.5) is 0 Å². The molecule has 3 aliphatic rings. The van der Waals surface area contributed by atoms with Crippen LogP contribution in [0.25, 0.3) is 0 Å². The van der Waals surface area contributed by atoms with E-state index < -0.39 is 0 Å². The van der Waals surface area contributed by atoms with Gasteiger partial charge in [-0.25, -0.2) is 0 Å². The van der Waals surface area contributed by atoms with Crippen LogP contribution in [0.3, 0.4) is 0 Å². The molecule has 0 N–H and O–H groups in total. The Morgan fingerprint density at radius 2 is 1.79 bits per heavy atom. The fourth-order valence-electron chi connectivity index (χ4n) is 5.10. The molecule has 4 rings (SSSR count). The number of ether oxygens (including phenoxy) is 1. The summed E-state index contributed by atoms with van der Waals surface area (Å²) in [6.45, 7) is 3.75. The van der Waals surface area contributed by atoms with E-state index in [0.717, 1.165) is 51.5 Å². The lowest BCUT2D eigenvalue weighted by Gasteiger charge is -2.36. The zero-order valence-electron chi connectivity index (χ0n) is 17.8. The van der Waals surface area contributed by atoms with Gasteiger partial charge in [0.1, 0.15) is 11.9 Å². The maximum Gasteiger partial charge on any atom is 0.257 e. The van der Waals surface area contributed by atoms with Crippen LogP contribution in [0, 0.1) is 0 Å². The van der Waals surface area contributed by atoms with Gasteiger partial charge >= 0.3 is 0 Å². The maximum absolute atomic E-state index is 13.2. The molecule has 0 aromatic heterocycles. The van der Waals surface area contributed by atoms with Gasteiger partial charge in [-0.3, -0.25) is 4.79 Å². The van der Waals surface area contributed by atoms with Crippen LogP contribution in [-0.4, -0.2) is 79.1 Å². The van der Waals surface area contributed by atoms with Gasteiger partial charge in [0, 0.05) is 43.3 Å². The average Bonchev–Trinajstić information content (AvgIpc) is 3.42. The van der Waals surface area contributed by atoms with Gasteiger partial charge in [-0.2, -0.15) is 0 Å². The zero-order chi connectivity index (χ0) is 20.4. The number of carbonyl (C=O) groups is 1. The second-order valence-electron chi connectivity index (χ2n) is 9.09. The molecule has 1 aromatic carbocycles. The second-order valence-corrected chi connectivity index (χ2v) is 9.53. The number of hydrogen-bond donors (Lipinski definition) is 0. The first-order valence-corrected chi connectivity index (χ1v) is 11.5. The van der Waals surface area contributed by atoms with Crippen molar-refractivity contribution in [3.63, 3.8) is 0 Å². The van der Waals surface area contributed by atoms with E-state index in [-0.39, 0.29) is 12.0 Å². The summed E-state index contributed by atoms with van der Waals surface area (Å²) in [5.41, 5.74) is 0.607. The van der Waals surface area contributed by atoms with Crippen molar-refractivity contribution in [3.8, 4) is 5.75 Å². The number of rotatable bonds is 5. The number of halogens is 1. The third kappa shape index (κ3) is 4.89. The summed E-state index contributed by atoms with van der Waals surface area (Å²) in [4.78, 5) is 20.0. The Morgan fingerprint density at radius 1 is 1.07 bits per heavy atom. The monoisotopic (exact) mass is 419 g/mol. The molecule has 1 aromatic rings. The van der Waals surface area contributed by atoms with Gasteiger partial charge in [-0.05, 0) is 64.4 Å². The normalized spacial score (nSPS) is 24.6. The largest absolute Gasteiger partial charge is 0.489 e. The number of hydrogen-bond acceptors (Lipinski definition) is 4. The Balaban J connectivity index is 1.40. The maximum atomic E-state index is 13.2. The van der Waals surface area contributed by atoms with Crippen molar-refractivity contribution < 1.29 is 9.53 Å². The molecular weight excluding hydrogens is 386 g/mol. The van der Waals surface area contributed by atoms with Gasteiger partial charge in [0.2, 0.25) is 0 Å². The molecule has 1 amide bonds. The van der Waals surface area contributed by atoms with E-state index in [4.69, 9.17) is 16.3 Å². The third-order valence-corrected chi connectivity index (χ3v) is 7.20. The molecule has 160 valence electrons. The number of benzene rings is 1. The summed E-state index contributed by atoms with van der Waals surface area (Å²) in [6, 6.07) is 6.67. The van der Waals surface area contributed by atoms with Gasteiger partial charge in [0.05, 0.1) is 5.56 Å². The highest BCUT2D eigenvalue weighted by Gasteiger charge is 2.31. The number of likely N-dealkylation sites (tertiary alicyclic amines) is 2. The van der Waals surface area contributed by atoms with Crippen molar-refractivity contribution in [1.82, 2.24) is 14.7 Å². The quantitative estimate of drug-likeness (QED) is 0.725. The molecule has 2 heterocycles. The summed E-state index contributed by atoms with van der Waals surface area (Å²) in [5, 5.41) is 0.583. The Morgan fingerprint density at radius 3 is 2.45 bits per heavy atom. The van der Waals surface area contributed by atoms with Crippen molar-refractivity contribution in [1.29, 1.82) is 0 Å². The smallest absolute Gasteiger partial charge is 0.257 e. The third-order valence-electron chi connectivity index (χ3n) is 6.96. The molecule has 1 unspecified atom stereocenters. The van der Waals surface area contributed by atoms with E-state index in [1.54, 1.807) is 6.07 Å². The van der Waals surface area contributed by atoms with Crippen LogP contribution in [0.5, 0.6) is 5.75 Å². The molecule has 1 atom stereocenters. The van der Waals surface area contributed by atoms with Crippen molar-refractivity contribution >= 4 is 17.5 Å². The number of carbonyl (C=O) groups excluding carboxylic acids is 1. The van der Waals surface area contributed by atoms with Gasteiger partial charge in [0.15, 0.2) is 0 Å². The van der Waals surface area contributed by atoms with Crippen LogP contribution in [0.2, 0.25) is 5.02 Å². The predicted molar refractivity (Wildman–Crippen MR) is 117 cm³/mol. The minimum Gasteiger partial charge on any atom is -0.489 e. The number of piperidine rings is 1. The molecule has 2 aliphatic heterocycles.